The minimum absolute atomic E-state index is 0.157. The van der Waals surface area contributed by atoms with Crippen molar-refractivity contribution in [1.29, 1.82) is 0 Å². The highest BCUT2D eigenvalue weighted by atomic mass is 32.2. The molecule has 0 fully saturated rings. The van der Waals surface area contributed by atoms with Gasteiger partial charge in [-0.2, -0.15) is 3.71 Å². The molecule has 6 heteroatoms. The van der Waals surface area contributed by atoms with E-state index in [1.54, 1.807) is 24.1 Å². The SMILES string of the molecule is O=[N+]([O-])c1ccccc1SN1Cc2ccccc2S1. The third-order valence-electron chi connectivity index (χ3n) is 2.73. The fourth-order valence-corrected chi connectivity index (χ4v) is 4.09. The van der Waals surface area contributed by atoms with E-state index >= 15 is 0 Å². The Labute approximate surface area is 119 Å². The number of nitrogens with zero attached hydrogens (tertiary/aromatic N) is 2. The molecule has 3 rings (SSSR count). The molecule has 0 saturated carbocycles. The van der Waals surface area contributed by atoms with Crippen LogP contribution in [-0.4, -0.2) is 8.63 Å². The number of rotatable bonds is 3. The lowest BCUT2D eigenvalue weighted by atomic mass is 10.2. The van der Waals surface area contributed by atoms with E-state index in [4.69, 9.17) is 0 Å². The molecule has 4 nitrogen and oxygen atoms in total. The monoisotopic (exact) mass is 290 g/mol. The van der Waals surface area contributed by atoms with Gasteiger partial charge in [0.15, 0.2) is 0 Å². The van der Waals surface area contributed by atoms with Crippen molar-refractivity contribution >= 4 is 29.6 Å². The van der Waals surface area contributed by atoms with Crippen LogP contribution in [0.15, 0.2) is 58.3 Å². The lowest BCUT2D eigenvalue weighted by Gasteiger charge is -2.11. The maximum absolute atomic E-state index is 11.0. The minimum Gasteiger partial charge on any atom is -0.258 e. The minimum atomic E-state index is -0.337. The van der Waals surface area contributed by atoms with E-state index in [1.165, 1.54) is 28.5 Å². The number of benzene rings is 2. The molecule has 1 heterocycles. The molecule has 0 unspecified atom stereocenters. The second-order valence-corrected chi connectivity index (χ2v) is 6.36. The molecular weight excluding hydrogens is 280 g/mol. The number of hydrogen-bond acceptors (Lipinski definition) is 5. The van der Waals surface area contributed by atoms with E-state index in [0.29, 0.717) is 4.90 Å². The Balaban J connectivity index is 1.80. The molecule has 2 aromatic rings. The smallest absolute Gasteiger partial charge is 0.258 e. The second-order valence-electron chi connectivity index (χ2n) is 4.01. The first-order valence-corrected chi connectivity index (χ1v) is 7.23. The zero-order chi connectivity index (χ0) is 13.2. The molecule has 0 aromatic heterocycles. The first kappa shape index (κ1) is 12.5. The van der Waals surface area contributed by atoms with Gasteiger partial charge in [-0.1, -0.05) is 30.3 Å². The summed E-state index contributed by atoms with van der Waals surface area (Å²) in [6.45, 7) is 0.789. The van der Waals surface area contributed by atoms with Crippen LogP contribution in [0.25, 0.3) is 0 Å². The van der Waals surface area contributed by atoms with Crippen molar-refractivity contribution in [2.45, 2.75) is 16.3 Å². The Morgan fingerprint density at radius 2 is 1.89 bits per heavy atom. The lowest BCUT2D eigenvalue weighted by molar-refractivity contribution is -0.387. The van der Waals surface area contributed by atoms with Crippen LogP contribution in [0.1, 0.15) is 5.56 Å². The highest BCUT2D eigenvalue weighted by Gasteiger charge is 2.23. The average Bonchev–Trinajstić information content (AvgIpc) is 2.81. The fourth-order valence-electron chi connectivity index (χ4n) is 1.85. The maximum atomic E-state index is 11.0. The zero-order valence-electron chi connectivity index (χ0n) is 9.85. The van der Waals surface area contributed by atoms with Gasteiger partial charge in [-0.05, 0) is 41.6 Å². The van der Waals surface area contributed by atoms with Crippen molar-refractivity contribution in [1.82, 2.24) is 3.71 Å². The summed E-state index contributed by atoms with van der Waals surface area (Å²) in [5.74, 6) is 0. The van der Waals surface area contributed by atoms with Crippen molar-refractivity contribution in [3.63, 3.8) is 0 Å². The zero-order valence-corrected chi connectivity index (χ0v) is 11.5. The largest absolute Gasteiger partial charge is 0.284 e. The molecule has 96 valence electrons. The van der Waals surface area contributed by atoms with E-state index in [-0.39, 0.29) is 10.6 Å². The number of hydrogen-bond donors (Lipinski definition) is 0. The van der Waals surface area contributed by atoms with E-state index in [9.17, 15) is 10.1 Å². The first-order valence-electron chi connectivity index (χ1n) is 5.69. The molecule has 0 spiro atoms. The van der Waals surface area contributed by atoms with E-state index < -0.39 is 0 Å². The molecule has 0 radical (unpaired) electrons. The molecule has 0 atom stereocenters. The van der Waals surface area contributed by atoms with E-state index in [2.05, 4.69) is 15.8 Å². The van der Waals surface area contributed by atoms with Gasteiger partial charge in [0.25, 0.3) is 5.69 Å². The van der Waals surface area contributed by atoms with Crippen LogP contribution in [0, 0.1) is 10.1 Å². The molecule has 0 amide bonds. The van der Waals surface area contributed by atoms with Crippen molar-refractivity contribution in [3.8, 4) is 0 Å². The Kier molecular flexibility index (Phi) is 3.46. The summed E-state index contributed by atoms with van der Waals surface area (Å²) in [6, 6.07) is 15.0. The van der Waals surface area contributed by atoms with Gasteiger partial charge in [-0.25, -0.2) is 0 Å². The topological polar surface area (TPSA) is 46.4 Å². The lowest BCUT2D eigenvalue weighted by Crippen LogP contribution is -2.00. The van der Waals surface area contributed by atoms with Crippen LogP contribution in [0.4, 0.5) is 5.69 Å². The summed E-state index contributed by atoms with van der Waals surface area (Å²) in [6.07, 6.45) is 0. The number of para-hydroxylation sites is 1. The molecule has 19 heavy (non-hydrogen) atoms. The van der Waals surface area contributed by atoms with Crippen LogP contribution in [0.3, 0.4) is 0 Å². The van der Waals surface area contributed by atoms with Crippen molar-refractivity contribution in [3.05, 3.63) is 64.2 Å². The normalized spacial score (nSPS) is 14.3. The van der Waals surface area contributed by atoms with Crippen molar-refractivity contribution in [2.75, 3.05) is 0 Å². The average molecular weight is 290 g/mol. The molecule has 0 aliphatic carbocycles. The van der Waals surface area contributed by atoms with Gasteiger partial charge in [0.2, 0.25) is 0 Å². The molecule has 0 saturated heterocycles. The highest BCUT2D eigenvalue weighted by molar-refractivity contribution is 8.12. The van der Waals surface area contributed by atoms with Gasteiger partial charge in [-0.15, -0.1) is 0 Å². The number of nitro groups is 1. The van der Waals surface area contributed by atoms with Gasteiger partial charge in [-0.3, -0.25) is 10.1 Å². The Bertz CT molecular complexity index is 609. The fraction of sp³-hybridized carbons (Fsp3) is 0.0769. The first-order chi connectivity index (χ1) is 9.24. The summed E-state index contributed by atoms with van der Waals surface area (Å²) < 4.78 is 2.06. The van der Waals surface area contributed by atoms with Gasteiger partial charge < -0.3 is 0 Å². The quantitative estimate of drug-likeness (QED) is 0.483. The summed E-state index contributed by atoms with van der Waals surface area (Å²) in [4.78, 5) is 12.5. The van der Waals surface area contributed by atoms with Gasteiger partial charge in [0.05, 0.1) is 4.92 Å². The third kappa shape index (κ3) is 2.60. The van der Waals surface area contributed by atoms with Gasteiger partial charge in [0.1, 0.15) is 4.90 Å². The summed E-state index contributed by atoms with van der Waals surface area (Å²) in [5, 5.41) is 11.0. The number of nitro benzene ring substituents is 1. The Hall–Kier alpha value is -1.50. The van der Waals surface area contributed by atoms with E-state index in [0.717, 1.165) is 6.54 Å². The van der Waals surface area contributed by atoms with Crippen molar-refractivity contribution < 1.29 is 4.92 Å². The molecule has 1 aliphatic rings. The Morgan fingerprint density at radius 3 is 2.68 bits per heavy atom. The van der Waals surface area contributed by atoms with Crippen LogP contribution in [-0.2, 0) is 6.54 Å². The standard InChI is InChI=1S/C13H10N2O2S2/c16-15(17)11-6-2-4-8-13(11)19-14-9-10-5-1-3-7-12(10)18-14/h1-8H,9H2. The summed E-state index contributed by atoms with van der Waals surface area (Å²) in [5.41, 5.74) is 1.42. The van der Waals surface area contributed by atoms with Crippen LogP contribution < -0.4 is 0 Å². The highest BCUT2D eigenvalue weighted by Crippen LogP contribution is 2.44. The predicted octanol–water partition coefficient (Wildman–Crippen LogP) is 4.12. The molecular formula is C13H10N2O2S2. The van der Waals surface area contributed by atoms with Crippen LogP contribution in [0.5, 0.6) is 0 Å². The number of fused-ring (bicyclic) bond motifs is 1. The third-order valence-corrected chi connectivity index (χ3v) is 4.98. The predicted molar refractivity (Wildman–Crippen MR) is 76.8 cm³/mol. The van der Waals surface area contributed by atoms with Crippen LogP contribution >= 0.6 is 23.9 Å². The van der Waals surface area contributed by atoms with Gasteiger partial charge in [0, 0.05) is 17.5 Å². The van der Waals surface area contributed by atoms with E-state index in [1.807, 2.05) is 18.2 Å². The van der Waals surface area contributed by atoms with Gasteiger partial charge >= 0.3 is 0 Å². The van der Waals surface area contributed by atoms with Crippen LogP contribution in [0.2, 0.25) is 0 Å². The maximum Gasteiger partial charge on any atom is 0.284 e. The summed E-state index contributed by atoms with van der Waals surface area (Å²) in [7, 11) is 0. The molecule has 1 aliphatic heterocycles. The van der Waals surface area contributed by atoms with Crippen molar-refractivity contribution in [2.24, 2.45) is 0 Å². The second kappa shape index (κ2) is 5.24. The molecule has 2 aromatic carbocycles. The molecule has 0 N–H and O–H groups in total. The molecule has 0 bridgehead atoms. The Morgan fingerprint density at radius 1 is 1.16 bits per heavy atom. The summed E-state index contributed by atoms with van der Waals surface area (Å²) >= 11 is 3.04.